The lowest BCUT2D eigenvalue weighted by atomic mass is 10.0. The summed E-state index contributed by atoms with van der Waals surface area (Å²) in [6.45, 7) is 5.02. The molecule has 1 aromatic rings. The molecule has 22 heavy (non-hydrogen) atoms. The molecule has 0 radical (unpaired) electrons. The van der Waals surface area contributed by atoms with E-state index in [-0.39, 0.29) is 30.4 Å². The fourth-order valence-electron chi connectivity index (χ4n) is 1.75. The maximum Gasteiger partial charge on any atom is 0.513 e. The summed E-state index contributed by atoms with van der Waals surface area (Å²) in [5.74, 6) is -0.955. The highest BCUT2D eigenvalue weighted by atomic mass is 35.5. The van der Waals surface area contributed by atoms with E-state index < -0.39 is 18.2 Å². The lowest BCUT2D eigenvalue weighted by Gasteiger charge is -2.18. The standard InChI is InChI=1S/C14H18ClNO6/c1-4-20-13(18)11(17)10-9(6-15)7-16-8(3)12(10)22-14(19)21-5-2/h7,11,17H,4-6H2,1-3H3. The van der Waals surface area contributed by atoms with E-state index in [0.29, 0.717) is 11.3 Å². The van der Waals surface area contributed by atoms with E-state index in [1.54, 1.807) is 20.8 Å². The highest BCUT2D eigenvalue weighted by Crippen LogP contribution is 2.33. The second kappa shape index (κ2) is 8.55. The van der Waals surface area contributed by atoms with Gasteiger partial charge >= 0.3 is 12.1 Å². The SMILES string of the molecule is CCOC(=O)Oc1c(C)ncc(CCl)c1C(O)C(=O)OCC. The number of aromatic nitrogens is 1. The second-order valence-electron chi connectivity index (χ2n) is 4.18. The summed E-state index contributed by atoms with van der Waals surface area (Å²) in [5, 5.41) is 10.2. The van der Waals surface area contributed by atoms with Crippen LogP contribution in [0.25, 0.3) is 0 Å². The van der Waals surface area contributed by atoms with Gasteiger partial charge < -0.3 is 19.3 Å². The van der Waals surface area contributed by atoms with Crippen molar-refractivity contribution in [1.82, 2.24) is 4.98 Å². The molecule has 1 N–H and O–H groups in total. The number of aliphatic hydroxyl groups is 1. The third-order valence-electron chi connectivity index (χ3n) is 2.71. The Morgan fingerprint density at radius 2 is 1.95 bits per heavy atom. The summed E-state index contributed by atoms with van der Waals surface area (Å²) < 4.78 is 14.5. The number of alkyl halides is 1. The van der Waals surface area contributed by atoms with E-state index in [4.69, 9.17) is 25.8 Å². The van der Waals surface area contributed by atoms with Crippen molar-refractivity contribution in [3.05, 3.63) is 23.0 Å². The molecule has 0 amide bonds. The first-order chi connectivity index (χ1) is 10.5. The number of aliphatic hydroxyl groups excluding tert-OH is 1. The average Bonchev–Trinajstić information content (AvgIpc) is 2.49. The Hall–Kier alpha value is -1.86. The first kappa shape index (κ1) is 18.2. The number of halogens is 1. The predicted molar refractivity (Wildman–Crippen MR) is 77.8 cm³/mol. The van der Waals surface area contributed by atoms with Crippen LogP contribution in [0.2, 0.25) is 0 Å². The number of carbonyl (C=O) groups is 2. The Morgan fingerprint density at radius 1 is 1.32 bits per heavy atom. The molecule has 0 aromatic carbocycles. The van der Waals surface area contributed by atoms with E-state index in [2.05, 4.69) is 4.98 Å². The summed E-state index contributed by atoms with van der Waals surface area (Å²) in [6, 6.07) is 0. The zero-order valence-corrected chi connectivity index (χ0v) is 13.3. The Balaban J connectivity index is 3.28. The number of ether oxygens (including phenoxy) is 3. The van der Waals surface area contributed by atoms with Crippen LogP contribution in [0, 0.1) is 6.92 Å². The molecule has 0 spiro atoms. The van der Waals surface area contributed by atoms with Crippen LogP contribution >= 0.6 is 11.6 Å². The van der Waals surface area contributed by atoms with Crippen molar-refractivity contribution in [3.8, 4) is 5.75 Å². The van der Waals surface area contributed by atoms with Gasteiger partial charge in [-0.05, 0) is 26.3 Å². The fraction of sp³-hybridized carbons (Fsp3) is 0.500. The van der Waals surface area contributed by atoms with Crippen LogP contribution in [0.4, 0.5) is 4.79 Å². The van der Waals surface area contributed by atoms with Crippen LogP contribution in [0.15, 0.2) is 6.20 Å². The molecule has 1 unspecified atom stereocenters. The van der Waals surface area contributed by atoms with Gasteiger partial charge in [0.05, 0.1) is 18.9 Å². The highest BCUT2D eigenvalue weighted by molar-refractivity contribution is 6.17. The lowest BCUT2D eigenvalue weighted by Crippen LogP contribution is -2.20. The molecule has 8 heteroatoms. The van der Waals surface area contributed by atoms with Gasteiger partial charge in [-0.3, -0.25) is 4.98 Å². The topological polar surface area (TPSA) is 95.0 Å². The van der Waals surface area contributed by atoms with Gasteiger partial charge in [0.1, 0.15) is 0 Å². The van der Waals surface area contributed by atoms with Gasteiger partial charge in [0.15, 0.2) is 11.9 Å². The average molecular weight is 332 g/mol. The van der Waals surface area contributed by atoms with Gasteiger partial charge in [-0.2, -0.15) is 0 Å². The van der Waals surface area contributed by atoms with Crippen LogP contribution in [0.1, 0.15) is 36.8 Å². The molecule has 1 atom stereocenters. The minimum Gasteiger partial charge on any atom is -0.464 e. The smallest absolute Gasteiger partial charge is 0.464 e. The first-order valence-corrected chi connectivity index (χ1v) is 7.23. The zero-order valence-electron chi connectivity index (χ0n) is 12.6. The molecule has 1 aromatic heterocycles. The number of rotatable bonds is 6. The molecule has 0 saturated carbocycles. The van der Waals surface area contributed by atoms with E-state index in [1.807, 2.05) is 0 Å². The number of nitrogens with zero attached hydrogens (tertiary/aromatic N) is 1. The van der Waals surface area contributed by atoms with Crippen LogP contribution in [0.3, 0.4) is 0 Å². The molecule has 0 saturated heterocycles. The van der Waals surface area contributed by atoms with Gasteiger partial charge in [0, 0.05) is 17.6 Å². The van der Waals surface area contributed by atoms with Gasteiger partial charge in [-0.25, -0.2) is 9.59 Å². The Morgan fingerprint density at radius 3 is 2.50 bits per heavy atom. The van der Waals surface area contributed by atoms with Gasteiger partial charge in [-0.15, -0.1) is 11.6 Å². The molecule has 1 heterocycles. The number of esters is 1. The van der Waals surface area contributed by atoms with Crippen LogP contribution < -0.4 is 4.74 Å². The molecule has 122 valence electrons. The molecule has 0 aliphatic carbocycles. The zero-order chi connectivity index (χ0) is 16.7. The Kier molecular flexibility index (Phi) is 7.07. The summed E-state index contributed by atoms with van der Waals surface area (Å²) in [4.78, 5) is 27.3. The molecular weight excluding hydrogens is 314 g/mol. The minimum atomic E-state index is -1.64. The number of carbonyl (C=O) groups excluding carboxylic acids is 2. The van der Waals surface area contributed by atoms with E-state index in [9.17, 15) is 14.7 Å². The van der Waals surface area contributed by atoms with Crippen molar-refractivity contribution in [1.29, 1.82) is 0 Å². The van der Waals surface area contributed by atoms with Crippen LogP contribution in [0.5, 0.6) is 5.75 Å². The van der Waals surface area contributed by atoms with Gasteiger partial charge in [0.2, 0.25) is 0 Å². The van der Waals surface area contributed by atoms with Crippen molar-refractivity contribution in [2.45, 2.75) is 32.8 Å². The quantitative estimate of drug-likeness (QED) is 0.631. The molecule has 1 rings (SSSR count). The third kappa shape index (κ3) is 4.32. The van der Waals surface area contributed by atoms with Crippen molar-refractivity contribution in [2.24, 2.45) is 0 Å². The molecule has 0 aliphatic rings. The van der Waals surface area contributed by atoms with E-state index >= 15 is 0 Å². The molecule has 0 aliphatic heterocycles. The number of hydrogen-bond acceptors (Lipinski definition) is 7. The summed E-state index contributed by atoms with van der Waals surface area (Å²) in [6.07, 6.45) is -1.20. The Bertz CT molecular complexity index is 548. The second-order valence-corrected chi connectivity index (χ2v) is 4.45. The minimum absolute atomic E-state index is 0.0295. The first-order valence-electron chi connectivity index (χ1n) is 6.69. The Labute approximate surface area is 133 Å². The monoisotopic (exact) mass is 331 g/mol. The van der Waals surface area contributed by atoms with Crippen LogP contribution in [-0.2, 0) is 20.1 Å². The van der Waals surface area contributed by atoms with E-state index in [0.717, 1.165) is 0 Å². The largest absolute Gasteiger partial charge is 0.513 e. The third-order valence-corrected chi connectivity index (χ3v) is 3.00. The van der Waals surface area contributed by atoms with E-state index in [1.165, 1.54) is 6.20 Å². The maximum absolute atomic E-state index is 11.8. The summed E-state index contributed by atoms with van der Waals surface area (Å²) in [7, 11) is 0. The molecule has 7 nitrogen and oxygen atoms in total. The van der Waals surface area contributed by atoms with Crippen molar-refractivity contribution in [3.63, 3.8) is 0 Å². The predicted octanol–water partition coefficient (Wildman–Crippen LogP) is 2.26. The summed E-state index contributed by atoms with van der Waals surface area (Å²) in [5.41, 5.74) is 0.710. The number of pyridine rings is 1. The van der Waals surface area contributed by atoms with Crippen molar-refractivity contribution in [2.75, 3.05) is 13.2 Å². The molecular formula is C14H18ClNO6. The normalized spacial score (nSPS) is 11.7. The molecule has 0 bridgehead atoms. The number of hydrogen-bond donors (Lipinski definition) is 1. The summed E-state index contributed by atoms with van der Waals surface area (Å²) >= 11 is 5.80. The number of aryl methyl sites for hydroxylation is 1. The lowest BCUT2D eigenvalue weighted by molar-refractivity contribution is -0.153. The fourth-order valence-corrected chi connectivity index (χ4v) is 1.96. The molecule has 0 fully saturated rings. The maximum atomic E-state index is 11.8. The van der Waals surface area contributed by atoms with Gasteiger partial charge in [-0.1, -0.05) is 0 Å². The highest BCUT2D eigenvalue weighted by Gasteiger charge is 2.28. The van der Waals surface area contributed by atoms with Crippen molar-refractivity contribution < 1.29 is 28.9 Å². The van der Waals surface area contributed by atoms with Crippen molar-refractivity contribution >= 4 is 23.7 Å². The van der Waals surface area contributed by atoms with Gasteiger partial charge in [0.25, 0.3) is 0 Å². The van der Waals surface area contributed by atoms with Crippen LogP contribution in [-0.4, -0.2) is 35.4 Å².